The van der Waals surface area contributed by atoms with E-state index >= 15 is 0 Å². The van der Waals surface area contributed by atoms with Crippen LogP contribution in [0.4, 0.5) is 0 Å². The first kappa shape index (κ1) is 13.3. The minimum absolute atomic E-state index is 1.08. The molecule has 0 aliphatic heterocycles. The predicted molar refractivity (Wildman–Crippen MR) is 86.2 cm³/mol. The zero-order valence-electron chi connectivity index (χ0n) is 11.6. The summed E-state index contributed by atoms with van der Waals surface area (Å²) in [4.78, 5) is 4.68. The molecule has 2 aromatic carbocycles. The molecule has 0 aliphatic carbocycles. The molecule has 3 aromatic rings. The van der Waals surface area contributed by atoms with Crippen molar-refractivity contribution in [3.63, 3.8) is 0 Å². The van der Waals surface area contributed by atoms with E-state index in [9.17, 15) is 0 Å². The molecule has 20 heavy (non-hydrogen) atoms. The summed E-state index contributed by atoms with van der Waals surface area (Å²) in [5.41, 5.74) is 3.71. The Kier molecular flexibility index (Phi) is 4.07. The van der Waals surface area contributed by atoms with Crippen LogP contribution in [0, 0.1) is 0 Å². The summed E-state index contributed by atoms with van der Waals surface area (Å²) >= 11 is 1.84. The Morgan fingerprint density at radius 3 is 2.55 bits per heavy atom. The van der Waals surface area contributed by atoms with Crippen LogP contribution in [0.15, 0.2) is 59.8 Å². The molecule has 102 valence electrons. The molecule has 0 spiro atoms. The molecule has 2 nitrogen and oxygen atoms in total. The second-order valence-corrected chi connectivity index (χ2v) is 5.94. The highest BCUT2D eigenvalue weighted by atomic mass is 32.2. The monoisotopic (exact) mass is 282 g/mol. The molecule has 0 N–H and O–H groups in total. The molecule has 0 unspecified atom stereocenters. The summed E-state index contributed by atoms with van der Waals surface area (Å²) in [7, 11) is 2.09. The second kappa shape index (κ2) is 6.14. The largest absolute Gasteiger partial charge is 0.322 e. The van der Waals surface area contributed by atoms with Crippen LogP contribution in [0.1, 0.15) is 12.0 Å². The van der Waals surface area contributed by atoms with Crippen LogP contribution in [0.2, 0.25) is 0 Å². The molecule has 3 rings (SSSR count). The summed E-state index contributed by atoms with van der Waals surface area (Å²) in [5.74, 6) is 1.10. The van der Waals surface area contributed by atoms with Gasteiger partial charge in [0, 0.05) is 12.8 Å². The van der Waals surface area contributed by atoms with Gasteiger partial charge in [-0.05, 0) is 30.5 Å². The normalized spacial score (nSPS) is 11.1. The first-order chi connectivity index (χ1) is 9.84. The van der Waals surface area contributed by atoms with Gasteiger partial charge in [-0.15, -0.1) is 0 Å². The summed E-state index contributed by atoms with van der Waals surface area (Å²) < 4.78 is 2.18. The van der Waals surface area contributed by atoms with E-state index in [0.717, 1.165) is 22.8 Å². The number of nitrogens with zero attached hydrogens (tertiary/aromatic N) is 2. The lowest BCUT2D eigenvalue weighted by molar-refractivity contribution is 0.812. The molecule has 1 heterocycles. The number of benzene rings is 2. The lowest BCUT2D eigenvalue weighted by Gasteiger charge is -2.03. The topological polar surface area (TPSA) is 17.8 Å². The minimum atomic E-state index is 1.08. The Bertz CT molecular complexity index is 689. The summed E-state index contributed by atoms with van der Waals surface area (Å²) in [6.07, 6.45) is 2.32. The van der Waals surface area contributed by atoms with E-state index in [0.29, 0.717) is 0 Å². The van der Waals surface area contributed by atoms with Gasteiger partial charge in [0.05, 0.1) is 11.0 Å². The van der Waals surface area contributed by atoms with Gasteiger partial charge < -0.3 is 4.57 Å². The van der Waals surface area contributed by atoms with Crippen LogP contribution in [-0.2, 0) is 13.5 Å². The van der Waals surface area contributed by atoms with Gasteiger partial charge in [-0.2, -0.15) is 0 Å². The fraction of sp³-hybridized carbons (Fsp3) is 0.235. The lowest BCUT2D eigenvalue weighted by Crippen LogP contribution is -1.93. The van der Waals surface area contributed by atoms with Crippen LogP contribution in [0.25, 0.3) is 11.0 Å². The van der Waals surface area contributed by atoms with Gasteiger partial charge in [0.2, 0.25) is 0 Å². The maximum atomic E-state index is 4.68. The van der Waals surface area contributed by atoms with Crippen molar-refractivity contribution in [2.45, 2.75) is 18.0 Å². The summed E-state index contributed by atoms with van der Waals surface area (Å²) in [5, 5.41) is 1.11. The second-order valence-electron chi connectivity index (χ2n) is 4.88. The molecule has 0 aliphatic rings. The van der Waals surface area contributed by atoms with Crippen LogP contribution in [0.5, 0.6) is 0 Å². The standard InChI is InChI=1S/C17H18N2S/c1-19-16-12-6-5-11-15(16)18-17(19)20-13-7-10-14-8-3-2-4-9-14/h2-6,8-9,11-12H,7,10,13H2,1H3. The van der Waals surface area contributed by atoms with Crippen molar-refractivity contribution in [3.05, 3.63) is 60.2 Å². The Morgan fingerprint density at radius 2 is 1.75 bits per heavy atom. The van der Waals surface area contributed by atoms with Crippen LogP contribution < -0.4 is 0 Å². The lowest BCUT2D eigenvalue weighted by atomic mass is 10.1. The smallest absolute Gasteiger partial charge is 0.168 e. The van der Waals surface area contributed by atoms with Gasteiger partial charge in [-0.3, -0.25) is 0 Å². The number of hydrogen-bond acceptors (Lipinski definition) is 2. The zero-order valence-corrected chi connectivity index (χ0v) is 12.4. The molecule has 3 heteroatoms. The van der Waals surface area contributed by atoms with Gasteiger partial charge in [0.25, 0.3) is 0 Å². The quantitative estimate of drug-likeness (QED) is 0.513. The predicted octanol–water partition coefficient (Wildman–Crippen LogP) is 4.30. The highest BCUT2D eigenvalue weighted by molar-refractivity contribution is 7.99. The van der Waals surface area contributed by atoms with Crippen molar-refractivity contribution in [1.29, 1.82) is 0 Å². The Labute approximate surface area is 123 Å². The average molecular weight is 282 g/mol. The van der Waals surface area contributed by atoms with Gasteiger partial charge in [-0.1, -0.05) is 54.2 Å². The van der Waals surface area contributed by atoms with E-state index in [4.69, 9.17) is 0 Å². The Hall–Kier alpha value is -1.74. The molecule has 0 amide bonds. The fourth-order valence-electron chi connectivity index (χ4n) is 2.34. The van der Waals surface area contributed by atoms with Crippen LogP contribution in [-0.4, -0.2) is 15.3 Å². The molecular weight excluding hydrogens is 264 g/mol. The fourth-order valence-corrected chi connectivity index (χ4v) is 3.26. The zero-order chi connectivity index (χ0) is 13.8. The minimum Gasteiger partial charge on any atom is -0.322 e. The van der Waals surface area contributed by atoms with E-state index in [2.05, 4.69) is 65.1 Å². The molecule has 0 saturated carbocycles. The number of rotatable bonds is 5. The number of aromatic nitrogens is 2. The molecule has 1 aromatic heterocycles. The molecule has 0 fully saturated rings. The van der Waals surface area contributed by atoms with Crippen molar-refractivity contribution in [2.75, 3.05) is 5.75 Å². The number of imidazole rings is 1. The highest BCUT2D eigenvalue weighted by Crippen LogP contribution is 2.23. The molecule has 0 saturated heterocycles. The number of hydrogen-bond donors (Lipinski definition) is 0. The van der Waals surface area contributed by atoms with Crippen LogP contribution >= 0.6 is 11.8 Å². The van der Waals surface area contributed by atoms with E-state index in [1.807, 2.05) is 17.8 Å². The molecule has 0 radical (unpaired) electrons. The molecule has 0 atom stereocenters. The van der Waals surface area contributed by atoms with Crippen molar-refractivity contribution in [1.82, 2.24) is 9.55 Å². The van der Waals surface area contributed by atoms with Crippen molar-refractivity contribution in [2.24, 2.45) is 7.05 Å². The van der Waals surface area contributed by atoms with E-state index in [-0.39, 0.29) is 0 Å². The SMILES string of the molecule is Cn1c(SCCCc2ccccc2)nc2ccccc21. The van der Waals surface area contributed by atoms with Gasteiger partial charge in [0.1, 0.15) is 0 Å². The Morgan fingerprint density at radius 1 is 1.00 bits per heavy atom. The van der Waals surface area contributed by atoms with Crippen molar-refractivity contribution in [3.8, 4) is 0 Å². The summed E-state index contributed by atoms with van der Waals surface area (Å²) in [6, 6.07) is 19.0. The highest BCUT2D eigenvalue weighted by Gasteiger charge is 2.06. The number of aryl methyl sites for hydroxylation is 2. The Balaban J connectivity index is 1.59. The maximum Gasteiger partial charge on any atom is 0.168 e. The first-order valence-electron chi connectivity index (χ1n) is 6.93. The van der Waals surface area contributed by atoms with Crippen LogP contribution in [0.3, 0.4) is 0 Å². The number of thioether (sulfide) groups is 1. The van der Waals surface area contributed by atoms with E-state index < -0.39 is 0 Å². The van der Waals surface area contributed by atoms with Crippen molar-refractivity contribution >= 4 is 22.8 Å². The molecule has 0 bridgehead atoms. The summed E-state index contributed by atoms with van der Waals surface area (Å²) in [6.45, 7) is 0. The van der Waals surface area contributed by atoms with Crippen molar-refractivity contribution < 1.29 is 0 Å². The number of fused-ring (bicyclic) bond motifs is 1. The van der Waals surface area contributed by atoms with E-state index in [1.165, 1.54) is 17.5 Å². The average Bonchev–Trinajstić information content (AvgIpc) is 2.82. The van der Waals surface area contributed by atoms with Gasteiger partial charge in [-0.25, -0.2) is 4.98 Å². The van der Waals surface area contributed by atoms with Gasteiger partial charge in [0.15, 0.2) is 5.16 Å². The third-order valence-corrected chi connectivity index (χ3v) is 4.55. The van der Waals surface area contributed by atoms with E-state index in [1.54, 1.807) is 0 Å². The van der Waals surface area contributed by atoms with Gasteiger partial charge >= 0.3 is 0 Å². The third-order valence-electron chi connectivity index (χ3n) is 3.43. The third kappa shape index (κ3) is 2.88. The number of para-hydroxylation sites is 2. The first-order valence-corrected chi connectivity index (χ1v) is 7.91. The maximum absolute atomic E-state index is 4.68. The molecular formula is C17H18N2S.